The molecule has 1 aliphatic heterocycles. The van der Waals surface area contributed by atoms with Crippen molar-refractivity contribution in [2.75, 3.05) is 16.8 Å². The Balaban J connectivity index is 1.39. The first-order chi connectivity index (χ1) is 17.5. The van der Waals surface area contributed by atoms with Crippen LogP contribution in [0, 0.1) is 0 Å². The first-order valence-corrected chi connectivity index (χ1v) is 12.1. The molecule has 0 aliphatic carbocycles. The van der Waals surface area contributed by atoms with E-state index in [1.54, 1.807) is 43.3 Å². The van der Waals surface area contributed by atoms with Crippen LogP contribution in [0.1, 0.15) is 48.4 Å². The van der Waals surface area contributed by atoms with E-state index in [9.17, 15) is 19.2 Å². The normalized spacial score (nSPS) is 12.4. The highest BCUT2D eigenvalue weighted by Gasteiger charge is 2.36. The predicted molar refractivity (Wildman–Crippen MR) is 138 cm³/mol. The Morgan fingerprint density at radius 3 is 2.06 bits per heavy atom. The maximum absolute atomic E-state index is 13.0. The van der Waals surface area contributed by atoms with Crippen LogP contribution in [-0.2, 0) is 4.74 Å². The van der Waals surface area contributed by atoms with E-state index in [1.807, 2.05) is 35.7 Å². The second-order valence-electron chi connectivity index (χ2n) is 7.93. The van der Waals surface area contributed by atoms with Crippen molar-refractivity contribution in [3.8, 4) is 11.1 Å². The molecule has 0 saturated heterocycles. The highest BCUT2D eigenvalue weighted by Crippen LogP contribution is 2.36. The summed E-state index contributed by atoms with van der Waals surface area (Å²) in [7, 11) is 0. The molecule has 7 nitrogen and oxygen atoms in total. The van der Waals surface area contributed by atoms with Crippen LogP contribution in [0.2, 0.25) is 0 Å². The summed E-state index contributed by atoms with van der Waals surface area (Å²) in [6.07, 6.45) is 0. The smallest absolute Gasteiger partial charge is 0.341 e. The zero-order valence-corrected chi connectivity index (χ0v) is 20.0. The molecule has 36 heavy (non-hydrogen) atoms. The van der Waals surface area contributed by atoms with Gasteiger partial charge in [0.15, 0.2) is 0 Å². The number of hydrogen-bond donors (Lipinski definition) is 1. The van der Waals surface area contributed by atoms with Crippen molar-refractivity contribution >= 4 is 45.7 Å². The van der Waals surface area contributed by atoms with E-state index in [0.29, 0.717) is 38.5 Å². The molecular weight excluding hydrogens is 476 g/mol. The van der Waals surface area contributed by atoms with Gasteiger partial charge < -0.3 is 10.1 Å². The van der Waals surface area contributed by atoms with Gasteiger partial charge in [-0.3, -0.25) is 14.4 Å². The number of amides is 3. The molecule has 178 valence electrons. The van der Waals surface area contributed by atoms with Gasteiger partial charge in [0.2, 0.25) is 0 Å². The third-order valence-corrected chi connectivity index (χ3v) is 6.66. The largest absolute Gasteiger partial charge is 0.462 e. The van der Waals surface area contributed by atoms with E-state index >= 15 is 0 Å². The second-order valence-corrected chi connectivity index (χ2v) is 8.81. The molecule has 0 radical (unpaired) electrons. The number of ether oxygens (including phenoxy) is 1. The number of hydrogen-bond acceptors (Lipinski definition) is 6. The zero-order valence-electron chi connectivity index (χ0n) is 19.2. The summed E-state index contributed by atoms with van der Waals surface area (Å²) in [5.74, 6) is -1.76. The maximum Gasteiger partial charge on any atom is 0.341 e. The topological polar surface area (TPSA) is 92.8 Å². The minimum atomic E-state index is -0.520. The average molecular weight is 497 g/mol. The van der Waals surface area contributed by atoms with Crippen LogP contribution in [0.3, 0.4) is 0 Å². The summed E-state index contributed by atoms with van der Waals surface area (Å²) in [5.41, 5.74) is 3.18. The van der Waals surface area contributed by atoms with Gasteiger partial charge in [0.25, 0.3) is 17.7 Å². The summed E-state index contributed by atoms with van der Waals surface area (Å²) < 4.78 is 5.24. The number of fused-ring (bicyclic) bond motifs is 1. The molecule has 1 aliphatic rings. The number of anilines is 2. The van der Waals surface area contributed by atoms with Crippen LogP contribution in [0.5, 0.6) is 0 Å². The number of esters is 1. The molecule has 4 aromatic rings. The quantitative estimate of drug-likeness (QED) is 0.275. The number of imide groups is 1. The summed E-state index contributed by atoms with van der Waals surface area (Å²) in [4.78, 5) is 52.3. The zero-order chi connectivity index (χ0) is 25.2. The first-order valence-electron chi connectivity index (χ1n) is 11.2. The van der Waals surface area contributed by atoms with E-state index in [4.69, 9.17) is 4.74 Å². The molecule has 3 amide bonds. The van der Waals surface area contributed by atoms with Crippen molar-refractivity contribution in [1.29, 1.82) is 0 Å². The Kier molecular flexibility index (Phi) is 6.18. The van der Waals surface area contributed by atoms with Crippen LogP contribution < -0.4 is 10.2 Å². The Morgan fingerprint density at radius 1 is 0.833 bits per heavy atom. The Bertz CT molecular complexity index is 1460. The fraction of sp³-hybridized carbons (Fsp3) is 0.0714. The fourth-order valence-electron chi connectivity index (χ4n) is 4.05. The summed E-state index contributed by atoms with van der Waals surface area (Å²) in [6, 6.07) is 22.2. The fourth-order valence-corrected chi connectivity index (χ4v) is 5.00. The average Bonchev–Trinajstić information content (AvgIpc) is 3.43. The SMILES string of the molecule is CCOC(=O)c1c(-c2ccccc2)csc1NC(=O)c1ccc(N2C(=O)c3ccccc3C2=O)cc1. The number of rotatable bonds is 6. The molecule has 0 fully saturated rings. The van der Waals surface area contributed by atoms with Crippen LogP contribution >= 0.6 is 11.3 Å². The van der Waals surface area contributed by atoms with Crippen molar-refractivity contribution in [2.24, 2.45) is 0 Å². The molecule has 0 unspecified atom stereocenters. The number of thiophene rings is 1. The number of benzene rings is 3. The molecule has 0 spiro atoms. The van der Waals surface area contributed by atoms with E-state index in [0.717, 1.165) is 10.5 Å². The van der Waals surface area contributed by atoms with Gasteiger partial charge in [0.1, 0.15) is 10.6 Å². The monoisotopic (exact) mass is 496 g/mol. The molecular formula is C28H20N2O5S. The van der Waals surface area contributed by atoms with Gasteiger partial charge >= 0.3 is 5.97 Å². The lowest BCUT2D eigenvalue weighted by molar-refractivity contribution is 0.0528. The number of nitrogens with one attached hydrogen (secondary N) is 1. The van der Waals surface area contributed by atoms with E-state index in [2.05, 4.69) is 5.32 Å². The van der Waals surface area contributed by atoms with Gasteiger partial charge in [0, 0.05) is 16.5 Å². The molecule has 0 bridgehead atoms. The molecule has 5 rings (SSSR count). The number of nitrogens with zero attached hydrogens (tertiary/aromatic N) is 1. The van der Waals surface area contributed by atoms with Crippen molar-refractivity contribution in [3.05, 3.63) is 106 Å². The van der Waals surface area contributed by atoms with Gasteiger partial charge in [-0.15, -0.1) is 11.3 Å². The third kappa shape index (κ3) is 4.08. The predicted octanol–water partition coefficient (Wildman–Crippen LogP) is 5.64. The number of carbonyl (C=O) groups excluding carboxylic acids is 4. The summed E-state index contributed by atoms with van der Waals surface area (Å²) >= 11 is 1.23. The van der Waals surface area contributed by atoms with E-state index < -0.39 is 23.7 Å². The van der Waals surface area contributed by atoms with Gasteiger partial charge in [-0.2, -0.15) is 0 Å². The standard InChI is InChI=1S/C28H20N2O5S/c1-2-35-28(34)23-22(17-8-4-3-5-9-17)16-36-25(23)29-24(31)18-12-14-19(15-13-18)30-26(32)20-10-6-7-11-21(20)27(30)33/h3-16H,2H2,1H3,(H,29,31). The van der Waals surface area contributed by atoms with Crippen LogP contribution in [0.25, 0.3) is 11.1 Å². The van der Waals surface area contributed by atoms with Gasteiger partial charge in [-0.1, -0.05) is 42.5 Å². The molecule has 1 N–H and O–H groups in total. The van der Waals surface area contributed by atoms with Gasteiger partial charge in [0.05, 0.1) is 23.4 Å². The lowest BCUT2D eigenvalue weighted by Gasteiger charge is -2.14. The minimum absolute atomic E-state index is 0.204. The van der Waals surface area contributed by atoms with Gasteiger partial charge in [-0.05, 0) is 48.9 Å². The lowest BCUT2D eigenvalue weighted by atomic mass is 10.0. The molecule has 3 aromatic carbocycles. The maximum atomic E-state index is 13.0. The molecule has 8 heteroatoms. The van der Waals surface area contributed by atoms with E-state index in [-0.39, 0.29) is 6.61 Å². The molecule has 1 aromatic heterocycles. The lowest BCUT2D eigenvalue weighted by Crippen LogP contribution is -2.29. The van der Waals surface area contributed by atoms with Crippen LogP contribution in [0.15, 0.2) is 84.2 Å². The molecule has 2 heterocycles. The Hall–Kier alpha value is -4.56. The Labute approximate surface area is 210 Å². The number of carbonyl (C=O) groups is 4. The molecule has 0 saturated carbocycles. The highest BCUT2D eigenvalue weighted by molar-refractivity contribution is 7.15. The molecule has 0 atom stereocenters. The van der Waals surface area contributed by atoms with Crippen molar-refractivity contribution in [2.45, 2.75) is 6.92 Å². The van der Waals surface area contributed by atoms with Gasteiger partial charge in [-0.25, -0.2) is 9.69 Å². The third-order valence-electron chi connectivity index (χ3n) is 5.76. The van der Waals surface area contributed by atoms with Crippen LogP contribution in [-0.4, -0.2) is 30.3 Å². The van der Waals surface area contributed by atoms with E-state index in [1.165, 1.54) is 23.5 Å². The summed E-state index contributed by atoms with van der Waals surface area (Å²) in [5, 5.41) is 4.99. The summed E-state index contributed by atoms with van der Waals surface area (Å²) in [6.45, 7) is 1.93. The highest BCUT2D eigenvalue weighted by atomic mass is 32.1. The van der Waals surface area contributed by atoms with Crippen molar-refractivity contribution in [3.63, 3.8) is 0 Å². The van der Waals surface area contributed by atoms with Crippen molar-refractivity contribution in [1.82, 2.24) is 0 Å². The van der Waals surface area contributed by atoms with Crippen molar-refractivity contribution < 1.29 is 23.9 Å². The first kappa shape index (κ1) is 23.2. The van der Waals surface area contributed by atoms with Crippen LogP contribution in [0.4, 0.5) is 10.7 Å². The minimum Gasteiger partial charge on any atom is -0.462 e. The Morgan fingerprint density at radius 2 is 1.44 bits per heavy atom. The second kappa shape index (κ2) is 9.59.